The second-order valence-corrected chi connectivity index (χ2v) is 6.53. The smallest absolute Gasteiger partial charge is 0.153 e. The highest BCUT2D eigenvalue weighted by Gasteiger charge is 2.36. The number of hydrogen-bond acceptors (Lipinski definition) is 5. The molecule has 1 saturated carbocycles. The van der Waals surface area contributed by atoms with Crippen LogP contribution in [-0.2, 0) is 11.2 Å². The molecule has 0 unspecified atom stereocenters. The molecule has 1 aliphatic heterocycles. The van der Waals surface area contributed by atoms with Crippen LogP contribution >= 0.6 is 0 Å². The highest BCUT2D eigenvalue weighted by molar-refractivity contribution is 5.09. The van der Waals surface area contributed by atoms with Crippen molar-refractivity contribution < 1.29 is 4.74 Å². The van der Waals surface area contributed by atoms with Gasteiger partial charge in [0.2, 0.25) is 0 Å². The van der Waals surface area contributed by atoms with E-state index in [-0.39, 0.29) is 12.1 Å². The van der Waals surface area contributed by atoms with Crippen LogP contribution in [0.2, 0.25) is 0 Å². The highest BCUT2D eigenvalue weighted by Crippen LogP contribution is 2.39. The summed E-state index contributed by atoms with van der Waals surface area (Å²) in [6, 6.07) is 6.35. The lowest BCUT2D eigenvalue weighted by atomic mass is 10.2. The fraction of sp³-hybridized carbons (Fsp3) is 0.588. The van der Waals surface area contributed by atoms with E-state index in [4.69, 9.17) is 9.72 Å². The third kappa shape index (κ3) is 3.28. The van der Waals surface area contributed by atoms with E-state index in [0.717, 1.165) is 43.3 Å². The van der Waals surface area contributed by atoms with Gasteiger partial charge in [-0.2, -0.15) is 5.10 Å². The first-order valence-corrected chi connectivity index (χ1v) is 8.42. The summed E-state index contributed by atoms with van der Waals surface area (Å²) in [6.45, 7) is 1.90. The van der Waals surface area contributed by atoms with Gasteiger partial charge in [-0.3, -0.25) is 15.0 Å². The van der Waals surface area contributed by atoms with Crippen molar-refractivity contribution in [3.8, 4) is 0 Å². The van der Waals surface area contributed by atoms with Gasteiger partial charge in [-0.1, -0.05) is 6.07 Å². The number of ether oxygens (including phenoxy) is 1. The van der Waals surface area contributed by atoms with Gasteiger partial charge in [0.1, 0.15) is 5.82 Å². The van der Waals surface area contributed by atoms with Crippen LogP contribution < -0.4 is 0 Å². The Balaban J connectivity index is 1.46. The van der Waals surface area contributed by atoms with E-state index in [9.17, 15) is 0 Å². The van der Waals surface area contributed by atoms with E-state index in [1.165, 1.54) is 12.8 Å². The Kier molecular flexibility index (Phi) is 4.10. The Labute approximate surface area is 136 Å². The zero-order chi connectivity index (χ0) is 15.6. The summed E-state index contributed by atoms with van der Waals surface area (Å²) < 4.78 is 5.59. The molecule has 4 rings (SSSR count). The summed E-state index contributed by atoms with van der Waals surface area (Å²) in [7, 11) is 1.79. The fourth-order valence-electron chi connectivity index (χ4n) is 3.33. The van der Waals surface area contributed by atoms with Gasteiger partial charge in [0, 0.05) is 44.4 Å². The van der Waals surface area contributed by atoms with Crippen molar-refractivity contribution in [1.82, 2.24) is 25.1 Å². The van der Waals surface area contributed by atoms with Crippen LogP contribution in [0.4, 0.5) is 0 Å². The number of nitrogens with zero attached hydrogens (tertiary/aromatic N) is 4. The van der Waals surface area contributed by atoms with Gasteiger partial charge in [-0.25, -0.2) is 4.98 Å². The van der Waals surface area contributed by atoms with Gasteiger partial charge >= 0.3 is 0 Å². The molecular formula is C17H23N5O. The van der Waals surface area contributed by atoms with Crippen molar-refractivity contribution in [1.29, 1.82) is 0 Å². The molecule has 2 aromatic rings. The van der Waals surface area contributed by atoms with Crippen LogP contribution in [0.25, 0.3) is 0 Å². The lowest BCUT2D eigenvalue weighted by Crippen LogP contribution is -2.28. The lowest BCUT2D eigenvalue weighted by Gasteiger charge is -2.21. The number of methoxy groups -OCH3 is 1. The Morgan fingerprint density at radius 1 is 1.35 bits per heavy atom. The largest absolute Gasteiger partial charge is 0.380 e. The SMILES string of the molecule is CO[C@@H]1C[C@@H](c2nc(C3CC3)n[nH]2)N(CCc2ccccn2)C1. The predicted octanol–water partition coefficient (Wildman–Crippen LogP) is 2.08. The van der Waals surface area contributed by atoms with Crippen molar-refractivity contribution in [2.75, 3.05) is 20.2 Å². The maximum atomic E-state index is 5.59. The van der Waals surface area contributed by atoms with Gasteiger partial charge in [-0.15, -0.1) is 0 Å². The van der Waals surface area contributed by atoms with Crippen molar-refractivity contribution in [2.45, 2.75) is 43.7 Å². The number of nitrogens with one attached hydrogen (secondary N) is 1. The van der Waals surface area contributed by atoms with Gasteiger partial charge in [0.15, 0.2) is 5.82 Å². The minimum Gasteiger partial charge on any atom is -0.380 e. The molecular weight excluding hydrogens is 290 g/mol. The average Bonchev–Trinajstić information content (AvgIpc) is 3.18. The summed E-state index contributed by atoms with van der Waals surface area (Å²) in [5.74, 6) is 2.57. The number of pyridine rings is 1. The summed E-state index contributed by atoms with van der Waals surface area (Å²) in [6.07, 6.45) is 6.49. The van der Waals surface area contributed by atoms with E-state index >= 15 is 0 Å². The molecule has 0 spiro atoms. The first-order chi connectivity index (χ1) is 11.3. The number of rotatable bonds is 6. The molecule has 1 aliphatic carbocycles. The van der Waals surface area contributed by atoms with Crippen LogP contribution in [0.1, 0.15) is 48.6 Å². The molecule has 0 aromatic carbocycles. The molecule has 2 atom stereocenters. The topological polar surface area (TPSA) is 66.9 Å². The Morgan fingerprint density at radius 2 is 2.26 bits per heavy atom. The van der Waals surface area contributed by atoms with Crippen LogP contribution in [-0.4, -0.2) is 51.4 Å². The Bertz CT molecular complexity index is 639. The molecule has 1 saturated heterocycles. The van der Waals surface area contributed by atoms with Crippen LogP contribution in [0, 0.1) is 0 Å². The monoisotopic (exact) mass is 313 g/mol. The van der Waals surface area contributed by atoms with Crippen molar-refractivity contribution >= 4 is 0 Å². The van der Waals surface area contributed by atoms with Gasteiger partial charge in [0.05, 0.1) is 12.1 Å². The first-order valence-electron chi connectivity index (χ1n) is 8.42. The highest BCUT2D eigenvalue weighted by atomic mass is 16.5. The van der Waals surface area contributed by atoms with Crippen molar-refractivity contribution in [2.24, 2.45) is 0 Å². The Hall–Kier alpha value is -1.79. The second-order valence-electron chi connectivity index (χ2n) is 6.53. The third-order valence-corrected chi connectivity index (χ3v) is 4.86. The molecule has 2 aromatic heterocycles. The summed E-state index contributed by atoms with van der Waals surface area (Å²) in [5.41, 5.74) is 1.13. The number of H-pyrrole nitrogens is 1. The molecule has 6 nitrogen and oxygen atoms in total. The van der Waals surface area contributed by atoms with Gasteiger partial charge in [-0.05, 0) is 31.4 Å². The molecule has 0 bridgehead atoms. The summed E-state index contributed by atoms with van der Waals surface area (Å²) in [4.78, 5) is 11.6. The standard InChI is InChI=1S/C17H23N5O/c1-23-14-10-15(17-19-16(20-21-17)12-5-6-12)22(11-14)9-7-13-4-2-3-8-18-13/h2-4,8,12,14-15H,5-7,9-11H2,1H3,(H,19,20,21)/t14-,15+/m1/s1. The molecule has 2 fully saturated rings. The zero-order valence-electron chi connectivity index (χ0n) is 13.5. The predicted molar refractivity (Wildman–Crippen MR) is 86.0 cm³/mol. The molecule has 6 heteroatoms. The number of likely N-dealkylation sites (tertiary alicyclic amines) is 1. The third-order valence-electron chi connectivity index (χ3n) is 4.86. The molecule has 122 valence electrons. The lowest BCUT2D eigenvalue weighted by molar-refractivity contribution is 0.108. The minimum absolute atomic E-state index is 0.262. The maximum Gasteiger partial charge on any atom is 0.153 e. The van der Waals surface area contributed by atoms with Crippen molar-refractivity contribution in [3.63, 3.8) is 0 Å². The fourth-order valence-corrected chi connectivity index (χ4v) is 3.33. The van der Waals surface area contributed by atoms with Crippen molar-refractivity contribution in [3.05, 3.63) is 41.7 Å². The molecule has 1 N–H and O–H groups in total. The van der Waals surface area contributed by atoms with Crippen LogP contribution in [0.3, 0.4) is 0 Å². The van der Waals surface area contributed by atoms with Crippen LogP contribution in [0.5, 0.6) is 0 Å². The van der Waals surface area contributed by atoms with E-state index in [0.29, 0.717) is 5.92 Å². The molecule has 2 aliphatic rings. The summed E-state index contributed by atoms with van der Waals surface area (Å²) >= 11 is 0. The minimum atomic E-state index is 0.262. The normalized spacial score (nSPS) is 25.1. The molecule has 0 amide bonds. The quantitative estimate of drug-likeness (QED) is 0.884. The number of aromatic nitrogens is 4. The van der Waals surface area contributed by atoms with Gasteiger partial charge in [0.25, 0.3) is 0 Å². The average molecular weight is 313 g/mol. The van der Waals surface area contributed by atoms with E-state index in [1.54, 1.807) is 7.11 Å². The van der Waals surface area contributed by atoms with E-state index in [1.807, 2.05) is 18.3 Å². The zero-order valence-corrected chi connectivity index (χ0v) is 13.5. The molecule has 3 heterocycles. The number of aromatic amines is 1. The molecule has 0 radical (unpaired) electrons. The number of hydrogen-bond donors (Lipinski definition) is 1. The Morgan fingerprint density at radius 3 is 3.00 bits per heavy atom. The first kappa shape index (κ1) is 14.8. The summed E-state index contributed by atoms with van der Waals surface area (Å²) in [5, 5.41) is 7.58. The second kappa shape index (κ2) is 6.37. The van der Waals surface area contributed by atoms with E-state index in [2.05, 4.69) is 26.1 Å². The van der Waals surface area contributed by atoms with Crippen LogP contribution in [0.15, 0.2) is 24.4 Å². The maximum absolute atomic E-state index is 5.59. The van der Waals surface area contributed by atoms with E-state index < -0.39 is 0 Å². The molecule has 23 heavy (non-hydrogen) atoms. The van der Waals surface area contributed by atoms with Gasteiger partial charge < -0.3 is 4.74 Å².